The Bertz CT molecular complexity index is 670. The molecule has 0 amide bonds. The predicted molar refractivity (Wildman–Crippen MR) is 92.8 cm³/mol. The van der Waals surface area contributed by atoms with Gasteiger partial charge in [0.15, 0.2) is 0 Å². The van der Waals surface area contributed by atoms with Gasteiger partial charge < -0.3 is 9.47 Å². The molecule has 0 radical (unpaired) electrons. The third-order valence-electron chi connectivity index (χ3n) is 5.13. The summed E-state index contributed by atoms with van der Waals surface area (Å²) in [6, 6.07) is 4.01. The van der Waals surface area contributed by atoms with Gasteiger partial charge in [0.05, 0.1) is 30.0 Å². The van der Waals surface area contributed by atoms with Gasteiger partial charge >= 0.3 is 0 Å². The smallest absolute Gasteiger partial charge is 0.0985 e. The topological polar surface area (TPSA) is 47.5 Å². The molecule has 0 bridgehead atoms. The van der Waals surface area contributed by atoms with Crippen molar-refractivity contribution >= 4 is 11.3 Å². The number of thiazole rings is 1. The van der Waals surface area contributed by atoms with E-state index >= 15 is 0 Å². The molecule has 2 aromatic heterocycles. The molecule has 4 rings (SSSR count). The molecule has 1 atom stereocenters. The van der Waals surface area contributed by atoms with Crippen molar-refractivity contribution in [2.75, 3.05) is 26.3 Å². The molecule has 4 heterocycles. The van der Waals surface area contributed by atoms with E-state index in [0.29, 0.717) is 12.5 Å². The molecule has 2 aliphatic rings. The Hall–Kier alpha value is -1.34. The van der Waals surface area contributed by atoms with E-state index in [1.54, 1.807) is 11.3 Å². The molecule has 0 saturated carbocycles. The first-order chi connectivity index (χ1) is 11.8. The van der Waals surface area contributed by atoms with Crippen LogP contribution in [-0.2, 0) is 22.6 Å². The molecular formula is C18H23N3O2S. The van der Waals surface area contributed by atoms with Gasteiger partial charge in [0.1, 0.15) is 0 Å². The number of nitrogens with zero attached hydrogens (tertiary/aromatic N) is 3. The van der Waals surface area contributed by atoms with Crippen LogP contribution in [0.25, 0.3) is 0 Å². The lowest BCUT2D eigenvalue weighted by Crippen LogP contribution is -2.64. The van der Waals surface area contributed by atoms with Crippen molar-refractivity contribution in [2.24, 2.45) is 5.92 Å². The first-order valence-corrected chi connectivity index (χ1v) is 9.35. The summed E-state index contributed by atoms with van der Waals surface area (Å²) in [6.45, 7) is 7.38. The van der Waals surface area contributed by atoms with Gasteiger partial charge in [0.2, 0.25) is 0 Å². The van der Waals surface area contributed by atoms with Gasteiger partial charge in [-0.1, -0.05) is 0 Å². The van der Waals surface area contributed by atoms with Crippen LogP contribution in [0.4, 0.5) is 0 Å². The number of ether oxygens (including phenoxy) is 2. The Kier molecular flexibility index (Phi) is 4.63. The fourth-order valence-corrected chi connectivity index (χ4v) is 4.49. The second kappa shape index (κ2) is 6.88. The second-order valence-electron chi connectivity index (χ2n) is 6.78. The number of likely N-dealkylation sites (tertiary alicyclic amines) is 1. The van der Waals surface area contributed by atoms with Crippen molar-refractivity contribution < 1.29 is 9.47 Å². The van der Waals surface area contributed by atoms with Crippen molar-refractivity contribution in [3.8, 4) is 0 Å². The molecule has 2 fully saturated rings. The van der Waals surface area contributed by atoms with E-state index in [9.17, 15) is 0 Å². The summed E-state index contributed by atoms with van der Waals surface area (Å²) >= 11 is 1.75. The first-order valence-electron chi connectivity index (χ1n) is 8.47. The van der Waals surface area contributed by atoms with Crippen molar-refractivity contribution in [1.29, 1.82) is 0 Å². The summed E-state index contributed by atoms with van der Waals surface area (Å²) in [7, 11) is 0. The Morgan fingerprint density at radius 2 is 2.21 bits per heavy atom. The third kappa shape index (κ3) is 3.24. The van der Waals surface area contributed by atoms with Crippen LogP contribution in [-0.4, -0.2) is 46.8 Å². The SMILES string of the molecule is Cc1ncsc1CN1CC2(C1)OCCC2COCc1ccncc1. The average Bonchev–Trinajstić information content (AvgIpc) is 3.15. The maximum atomic E-state index is 6.13. The number of aromatic nitrogens is 2. The molecule has 6 heteroatoms. The highest BCUT2D eigenvalue weighted by Crippen LogP contribution is 2.41. The average molecular weight is 345 g/mol. The van der Waals surface area contributed by atoms with E-state index in [-0.39, 0.29) is 5.60 Å². The number of aryl methyl sites for hydroxylation is 1. The molecule has 0 aliphatic carbocycles. The fourth-order valence-electron chi connectivity index (χ4n) is 3.67. The molecule has 1 spiro atoms. The lowest BCUT2D eigenvalue weighted by molar-refractivity contribution is -0.146. The van der Waals surface area contributed by atoms with E-state index < -0.39 is 0 Å². The van der Waals surface area contributed by atoms with Crippen molar-refractivity contribution in [1.82, 2.24) is 14.9 Å². The summed E-state index contributed by atoms with van der Waals surface area (Å²) in [6.07, 6.45) is 4.72. The molecule has 2 aromatic rings. The molecular weight excluding hydrogens is 322 g/mol. The minimum atomic E-state index is 0.0108. The third-order valence-corrected chi connectivity index (χ3v) is 6.05. The molecule has 24 heavy (non-hydrogen) atoms. The van der Waals surface area contributed by atoms with E-state index in [0.717, 1.165) is 45.0 Å². The second-order valence-corrected chi connectivity index (χ2v) is 7.71. The number of rotatable bonds is 6. The highest BCUT2D eigenvalue weighted by atomic mass is 32.1. The van der Waals surface area contributed by atoms with Crippen LogP contribution in [0.5, 0.6) is 0 Å². The molecule has 5 nitrogen and oxygen atoms in total. The van der Waals surface area contributed by atoms with Crippen molar-refractivity contribution in [3.05, 3.63) is 46.2 Å². The van der Waals surface area contributed by atoms with Gasteiger partial charge in [0, 0.05) is 49.4 Å². The van der Waals surface area contributed by atoms with Gasteiger partial charge in [-0.2, -0.15) is 0 Å². The lowest BCUT2D eigenvalue weighted by Gasteiger charge is -2.50. The zero-order valence-electron chi connectivity index (χ0n) is 14.0. The predicted octanol–water partition coefficient (Wildman–Crippen LogP) is 2.65. The molecule has 2 aliphatic heterocycles. The minimum Gasteiger partial charge on any atom is -0.376 e. The number of hydrogen-bond donors (Lipinski definition) is 0. The Morgan fingerprint density at radius 3 is 2.96 bits per heavy atom. The van der Waals surface area contributed by atoms with E-state index in [4.69, 9.17) is 9.47 Å². The van der Waals surface area contributed by atoms with Gasteiger partial charge in [0.25, 0.3) is 0 Å². The highest BCUT2D eigenvalue weighted by molar-refractivity contribution is 7.09. The van der Waals surface area contributed by atoms with Crippen LogP contribution in [0.1, 0.15) is 22.6 Å². The summed E-state index contributed by atoms with van der Waals surface area (Å²) in [5.74, 6) is 0.498. The van der Waals surface area contributed by atoms with Crippen molar-refractivity contribution in [2.45, 2.75) is 32.1 Å². The standard InChI is InChI=1S/C18H23N3O2S/c1-14-17(24-13-20-14)8-21-11-18(12-21)16(4-7-23-18)10-22-9-15-2-5-19-6-3-15/h2-3,5-6,13,16H,4,7-12H2,1H3. The lowest BCUT2D eigenvalue weighted by atomic mass is 9.81. The van der Waals surface area contributed by atoms with Gasteiger partial charge in [-0.15, -0.1) is 11.3 Å². The van der Waals surface area contributed by atoms with Gasteiger partial charge in [-0.25, -0.2) is 4.98 Å². The summed E-state index contributed by atoms with van der Waals surface area (Å²) in [4.78, 5) is 12.2. The maximum Gasteiger partial charge on any atom is 0.0985 e. The summed E-state index contributed by atoms with van der Waals surface area (Å²) < 4.78 is 12.1. The number of pyridine rings is 1. The largest absolute Gasteiger partial charge is 0.376 e. The summed E-state index contributed by atoms with van der Waals surface area (Å²) in [5.41, 5.74) is 4.28. The van der Waals surface area contributed by atoms with Crippen LogP contribution < -0.4 is 0 Å². The molecule has 0 aromatic carbocycles. The van der Waals surface area contributed by atoms with Crippen LogP contribution >= 0.6 is 11.3 Å². The number of hydrogen-bond acceptors (Lipinski definition) is 6. The Balaban J connectivity index is 1.27. The normalized spacial score (nSPS) is 22.8. The van der Waals surface area contributed by atoms with Crippen LogP contribution in [0.3, 0.4) is 0 Å². The van der Waals surface area contributed by atoms with E-state index in [1.165, 1.54) is 10.4 Å². The summed E-state index contributed by atoms with van der Waals surface area (Å²) in [5, 5.41) is 0. The molecule has 1 unspecified atom stereocenters. The van der Waals surface area contributed by atoms with E-state index in [2.05, 4.69) is 21.8 Å². The highest BCUT2D eigenvalue weighted by Gasteiger charge is 2.52. The van der Waals surface area contributed by atoms with Crippen LogP contribution in [0.15, 0.2) is 30.0 Å². The molecule has 2 saturated heterocycles. The zero-order valence-corrected chi connectivity index (χ0v) is 14.8. The maximum absolute atomic E-state index is 6.13. The first kappa shape index (κ1) is 16.1. The molecule has 0 N–H and O–H groups in total. The van der Waals surface area contributed by atoms with Gasteiger partial charge in [-0.3, -0.25) is 9.88 Å². The monoisotopic (exact) mass is 345 g/mol. The van der Waals surface area contributed by atoms with Gasteiger partial charge in [-0.05, 0) is 31.0 Å². The quantitative estimate of drug-likeness (QED) is 0.805. The molecule has 128 valence electrons. The van der Waals surface area contributed by atoms with Crippen LogP contribution in [0, 0.1) is 12.8 Å². The zero-order chi connectivity index (χ0) is 16.4. The fraction of sp³-hybridized carbons (Fsp3) is 0.556. The van der Waals surface area contributed by atoms with E-state index in [1.807, 2.05) is 30.0 Å². The van der Waals surface area contributed by atoms with Crippen LogP contribution in [0.2, 0.25) is 0 Å². The Labute approximate surface area is 146 Å². The minimum absolute atomic E-state index is 0.0108. The van der Waals surface area contributed by atoms with Crippen molar-refractivity contribution in [3.63, 3.8) is 0 Å². The Morgan fingerprint density at radius 1 is 1.38 bits per heavy atom.